The predicted octanol–water partition coefficient (Wildman–Crippen LogP) is 3.59. The lowest BCUT2D eigenvalue weighted by Crippen LogP contribution is -2.21. The standard InChI is InChI=1S/C21H24FN3O2/c1-13-16(4-3-5-17(13)12-22)10-18-14(2)24-25-20(26)11-19(23-21(18)25)15-6-8-27-9-7-15/h3-5,11,15,24H,6-10,12H2,1-2H3. The van der Waals surface area contributed by atoms with E-state index in [4.69, 9.17) is 9.72 Å². The second-order valence-corrected chi connectivity index (χ2v) is 7.29. The zero-order valence-electron chi connectivity index (χ0n) is 15.7. The van der Waals surface area contributed by atoms with E-state index < -0.39 is 6.67 Å². The first-order valence-electron chi connectivity index (χ1n) is 9.40. The summed E-state index contributed by atoms with van der Waals surface area (Å²) in [7, 11) is 0. The van der Waals surface area contributed by atoms with Crippen molar-refractivity contribution in [3.63, 3.8) is 0 Å². The number of hydrogen-bond donors (Lipinski definition) is 1. The Morgan fingerprint density at radius 2 is 2.00 bits per heavy atom. The van der Waals surface area contributed by atoms with E-state index in [-0.39, 0.29) is 11.5 Å². The highest BCUT2D eigenvalue weighted by molar-refractivity contribution is 5.53. The van der Waals surface area contributed by atoms with E-state index in [2.05, 4.69) is 5.10 Å². The molecule has 1 aliphatic rings. The number of benzene rings is 1. The van der Waals surface area contributed by atoms with E-state index in [1.165, 1.54) is 4.52 Å². The Bertz CT molecular complexity index is 1030. The number of ether oxygens (including phenoxy) is 1. The van der Waals surface area contributed by atoms with Crippen molar-refractivity contribution >= 4 is 5.65 Å². The smallest absolute Gasteiger partial charge is 0.272 e. The maximum atomic E-state index is 13.2. The number of hydrogen-bond acceptors (Lipinski definition) is 3. The van der Waals surface area contributed by atoms with Gasteiger partial charge in [0.25, 0.3) is 5.56 Å². The minimum Gasteiger partial charge on any atom is -0.381 e. The van der Waals surface area contributed by atoms with Crippen LogP contribution in [0.25, 0.3) is 5.65 Å². The van der Waals surface area contributed by atoms with Crippen LogP contribution in [0.2, 0.25) is 0 Å². The first-order valence-corrected chi connectivity index (χ1v) is 9.40. The molecule has 0 saturated carbocycles. The highest BCUT2D eigenvalue weighted by Crippen LogP contribution is 2.27. The van der Waals surface area contributed by atoms with Gasteiger partial charge in [-0.2, -0.15) is 0 Å². The summed E-state index contributed by atoms with van der Waals surface area (Å²) >= 11 is 0. The number of aromatic nitrogens is 3. The number of halogens is 1. The van der Waals surface area contributed by atoms with E-state index in [0.717, 1.165) is 40.9 Å². The van der Waals surface area contributed by atoms with Crippen LogP contribution in [0.15, 0.2) is 29.1 Å². The number of aromatic amines is 1. The molecule has 0 unspecified atom stereocenters. The lowest BCUT2D eigenvalue weighted by molar-refractivity contribution is 0.0845. The largest absolute Gasteiger partial charge is 0.381 e. The third-order valence-electron chi connectivity index (χ3n) is 5.65. The van der Waals surface area contributed by atoms with Gasteiger partial charge in [-0.15, -0.1) is 0 Å². The quantitative estimate of drug-likeness (QED) is 0.764. The van der Waals surface area contributed by atoms with Crippen molar-refractivity contribution in [3.05, 3.63) is 68.3 Å². The SMILES string of the molecule is Cc1[nH]n2c(=O)cc(C3CCOCC3)nc2c1Cc1cccc(CF)c1C. The van der Waals surface area contributed by atoms with Gasteiger partial charge in [-0.3, -0.25) is 9.89 Å². The molecule has 142 valence electrons. The van der Waals surface area contributed by atoms with Crippen LogP contribution in [0.5, 0.6) is 0 Å². The predicted molar refractivity (Wildman–Crippen MR) is 102 cm³/mol. The van der Waals surface area contributed by atoms with Gasteiger partial charge in [-0.05, 0) is 43.4 Å². The fourth-order valence-electron chi connectivity index (χ4n) is 3.89. The highest BCUT2D eigenvalue weighted by atomic mass is 19.1. The number of nitrogens with zero attached hydrogens (tertiary/aromatic N) is 2. The van der Waals surface area contributed by atoms with Gasteiger partial charge in [0.15, 0.2) is 5.65 Å². The molecule has 6 heteroatoms. The van der Waals surface area contributed by atoms with E-state index in [9.17, 15) is 9.18 Å². The maximum Gasteiger partial charge on any atom is 0.272 e. The van der Waals surface area contributed by atoms with Crippen molar-refractivity contribution in [2.75, 3.05) is 13.2 Å². The first-order chi connectivity index (χ1) is 13.1. The molecule has 0 spiro atoms. The molecule has 1 aliphatic heterocycles. The van der Waals surface area contributed by atoms with Crippen molar-refractivity contribution in [1.29, 1.82) is 0 Å². The minimum atomic E-state index is -0.474. The van der Waals surface area contributed by atoms with E-state index in [1.54, 1.807) is 6.07 Å². The van der Waals surface area contributed by atoms with Gasteiger partial charge in [0, 0.05) is 42.9 Å². The summed E-state index contributed by atoms with van der Waals surface area (Å²) in [6.07, 6.45) is 2.39. The molecule has 3 aromatic rings. The average molecular weight is 369 g/mol. The van der Waals surface area contributed by atoms with Crippen molar-refractivity contribution < 1.29 is 9.13 Å². The fraction of sp³-hybridized carbons (Fsp3) is 0.429. The number of H-pyrrole nitrogens is 1. The number of nitrogens with one attached hydrogen (secondary N) is 1. The third kappa shape index (κ3) is 3.30. The molecule has 0 radical (unpaired) electrons. The van der Waals surface area contributed by atoms with E-state index >= 15 is 0 Å². The lowest BCUT2D eigenvalue weighted by atomic mass is 9.95. The highest BCUT2D eigenvalue weighted by Gasteiger charge is 2.21. The Kier molecular flexibility index (Phi) is 4.83. The average Bonchev–Trinajstić information content (AvgIpc) is 3.00. The molecule has 1 saturated heterocycles. The molecule has 0 amide bonds. The summed E-state index contributed by atoms with van der Waals surface area (Å²) in [5.74, 6) is 0.260. The second-order valence-electron chi connectivity index (χ2n) is 7.29. The normalized spacial score (nSPS) is 15.5. The summed E-state index contributed by atoms with van der Waals surface area (Å²) in [5, 5.41) is 3.14. The topological polar surface area (TPSA) is 59.4 Å². The molecule has 0 atom stereocenters. The van der Waals surface area contributed by atoms with Crippen LogP contribution < -0.4 is 5.56 Å². The van der Waals surface area contributed by atoms with Crippen LogP contribution in [0, 0.1) is 13.8 Å². The molecular weight excluding hydrogens is 345 g/mol. The summed E-state index contributed by atoms with van der Waals surface area (Å²) < 4.78 is 20.2. The van der Waals surface area contributed by atoms with Crippen molar-refractivity contribution in [2.24, 2.45) is 0 Å². The third-order valence-corrected chi connectivity index (χ3v) is 5.65. The van der Waals surface area contributed by atoms with Gasteiger partial charge in [-0.25, -0.2) is 13.9 Å². The number of aryl methyl sites for hydroxylation is 1. The first kappa shape index (κ1) is 17.9. The molecule has 0 bridgehead atoms. The van der Waals surface area contributed by atoms with E-state index in [0.29, 0.717) is 30.8 Å². The molecule has 1 fully saturated rings. The zero-order valence-corrected chi connectivity index (χ0v) is 15.7. The van der Waals surface area contributed by atoms with Gasteiger partial charge < -0.3 is 4.74 Å². The molecule has 0 aliphatic carbocycles. The summed E-state index contributed by atoms with van der Waals surface area (Å²) in [4.78, 5) is 17.5. The van der Waals surface area contributed by atoms with Gasteiger partial charge >= 0.3 is 0 Å². The summed E-state index contributed by atoms with van der Waals surface area (Å²) in [5.41, 5.74) is 6.04. The molecule has 5 nitrogen and oxygen atoms in total. The molecule has 1 aromatic carbocycles. The molecular formula is C21H24FN3O2. The summed E-state index contributed by atoms with van der Waals surface area (Å²) in [6.45, 7) is 4.84. The van der Waals surface area contributed by atoms with Crippen LogP contribution in [-0.2, 0) is 17.8 Å². The van der Waals surface area contributed by atoms with Gasteiger partial charge in [-0.1, -0.05) is 18.2 Å². The number of alkyl halides is 1. The fourth-order valence-corrected chi connectivity index (χ4v) is 3.89. The second kappa shape index (κ2) is 7.27. The summed E-state index contributed by atoms with van der Waals surface area (Å²) in [6, 6.07) is 7.34. The molecule has 4 rings (SSSR count). The van der Waals surface area contributed by atoms with Crippen LogP contribution in [-0.4, -0.2) is 27.8 Å². The minimum absolute atomic E-state index is 0.0925. The van der Waals surface area contributed by atoms with Gasteiger partial charge in [0.05, 0.1) is 5.69 Å². The van der Waals surface area contributed by atoms with Crippen LogP contribution in [0.4, 0.5) is 4.39 Å². The van der Waals surface area contributed by atoms with Crippen molar-refractivity contribution in [3.8, 4) is 0 Å². The van der Waals surface area contributed by atoms with Gasteiger partial charge in [0.2, 0.25) is 0 Å². The Balaban J connectivity index is 1.79. The van der Waals surface area contributed by atoms with Crippen LogP contribution in [0.3, 0.4) is 0 Å². The Morgan fingerprint density at radius 1 is 1.26 bits per heavy atom. The van der Waals surface area contributed by atoms with Crippen LogP contribution in [0.1, 0.15) is 52.4 Å². The molecule has 27 heavy (non-hydrogen) atoms. The zero-order chi connectivity index (χ0) is 19.0. The van der Waals surface area contributed by atoms with Gasteiger partial charge in [0.1, 0.15) is 6.67 Å². The molecule has 3 heterocycles. The number of rotatable bonds is 4. The Hall–Kier alpha value is -2.47. The maximum absolute atomic E-state index is 13.2. The van der Waals surface area contributed by atoms with E-state index in [1.807, 2.05) is 32.0 Å². The molecule has 2 aromatic heterocycles. The monoisotopic (exact) mass is 369 g/mol. The Morgan fingerprint density at radius 3 is 2.74 bits per heavy atom. The molecule has 1 N–H and O–H groups in total. The number of fused-ring (bicyclic) bond motifs is 1. The van der Waals surface area contributed by atoms with Crippen molar-refractivity contribution in [2.45, 2.75) is 45.7 Å². The van der Waals surface area contributed by atoms with Crippen LogP contribution >= 0.6 is 0 Å². The lowest BCUT2D eigenvalue weighted by Gasteiger charge is -2.21. The van der Waals surface area contributed by atoms with Crippen molar-refractivity contribution in [1.82, 2.24) is 14.6 Å². The Labute approximate surface area is 157 Å².